The van der Waals surface area contributed by atoms with E-state index < -0.39 is 0 Å². The van der Waals surface area contributed by atoms with Crippen molar-refractivity contribution in [2.45, 2.75) is 45.8 Å². The van der Waals surface area contributed by atoms with Crippen LogP contribution >= 0.6 is 11.6 Å². The van der Waals surface area contributed by atoms with E-state index in [1.54, 1.807) is 7.11 Å². The van der Waals surface area contributed by atoms with E-state index in [2.05, 4.69) is 54.1 Å². The van der Waals surface area contributed by atoms with Crippen LogP contribution in [0.3, 0.4) is 0 Å². The third kappa shape index (κ3) is 5.00. The lowest BCUT2D eigenvalue weighted by molar-refractivity contribution is 0.161. The van der Waals surface area contributed by atoms with Crippen molar-refractivity contribution in [2.24, 2.45) is 0 Å². The smallest absolute Gasteiger partial charge is 0.139 e. The Morgan fingerprint density at radius 3 is 2.38 bits per heavy atom. The molecule has 2 saturated heterocycles. The van der Waals surface area contributed by atoms with E-state index in [-0.39, 0.29) is 0 Å². The largest absolute Gasteiger partial charge is 0.495 e. The summed E-state index contributed by atoms with van der Waals surface area (Å²) in [5.74, 6) is 1.78. The highest BCUT2D eigenvalue weighted by atomic mass is 35.5. The lowest BCUT2D eigenvalue weighted by atomic mass is 9.96. The van der Waals surface area contributed by atoms with Gasteiger partial charge >= 0.3 is 0 Å². The highest BCUT2D eigenvalue weighted by molar-refractivity contribution is 6.32. The average Bonchev–Trinajstić information content (AvgIpc) is 2.83. The van der Waals surface area contributed by atoms with Crippen LogP contribution < -0.4 is 19.7 Å². The van der Waals surface area contributed by atoms with Gasteiger partial charge in [0.25, 0.3) is 0 Å². The lowest BCUT2D eigenvalue weighted by Gasteiger charge is -2.40. The van der Waals surface area contributed by atoms with Gasteiger partial charge in [-0.15, -0.1) is 0 Å². The van der Waals surface area contributed by atoms with Crippen molar-refractivity contribution in [3.05, 3.63) is 52.0 Å². The van der Waals surface area contributed by atoms with E-state index in [1.165, 1.54) is 22.4 Å². The number of ether oxygens (including phenoxy) is 2. The fraction of sp³-hybridized carbons (Fsp3) is 0.538. The van der Waals surface area contributed by atoms with Crippen LogP contribution in [0.2, 0.25) is 5.02 Å². The molecule has 6 heteroatoms. The molecule has 2 heterocycles. The van der Waals surface area contributed by atoms with Crippen LogP contribution in [0.5, 0.6) is 11.5 Å². The van der Waals surface area contributed by atoms with Gasteiger partial charge < -0.3 is 19.7 Å². The predicted octanol–water partition coefficient (Wildman–Crippen LogP) is 4.98. The fourth-order valence-electron chi connectivity index (χ4n) is 4.90. The van der Waals surface area contributed by atoms with Gasteiger partial charge in [0.1, 0.15) is 17.6 Å². The Morgan fingerprint density at radius 1 is 0.969 bits per heavy atom. The SMILES string of the molecule is COc1cc(N2CCN(C(C)c3ccc(OC4CCNCC4)c(C)c3C)CC2)ccc1Cl. The molecule has 2 aromatic carbocycles. The van der Waals surface area contributed by atoms with Gasteiger partial charge in [-0.05, 0) is 81.6 Å². The molecule has 174 valence electrons. The molecule has 0 amide bonds. The Kier molecular flexibility index (Phi) is 7.49. The molecule has 5 nitrogen and oxygen atoms in total. The second-order valence-electron chi connectivity index (χ2n) is 8.99. The molecule has 2 aromatic rings. The normalized spacial score (nSPS) is 19.1. The summed E-state index contributed by atoms with van der Waals surface area (Å²) < 4.78 is 11.8. The Balaban J connectivity index is 1.40. The second-order valence-corrected chi connectivity index (χ2v) is 9.40. The maximum atomic E-state index is 6.36. The Morgan fingerprint density at radius 2 is 1.69 bits per heavy atom. The van der Waals surface area contributed by atoms with Crippen molar-refractivity contribution in [3.8, 4) is 11.5 Å². The summed E-state index contributed by atoms with van der Waals surface area (Å²) in [5, 5.41) is 4.06. The first-order valence-corrected chi connectivity index (χ1v) is 12.2. The monoisotopic (exact) mass is 457 g/mol. The Hall–Kier alpha value is -1.95. The average molecular weight is 458 g/mol. The quantitative estimate of drug-likeness (QED) is 0.662. The first kappa shape index (κ1) is 23.2. The van der Waals surface area contributed by atoms with Gasteiger partial charge in [0.05, 0.1) is 12.1 Å². The molecule has 32 heavy (non-hydrogen) atoms. The van der Waals surface area contributed by atoms with E-state index in [4.69, 9.17) is 21.1 Å². The van der Waals surface area contributed by atoms with Gasteiger partial charge in [-0.1, -0.05) is 17.7 Å². The molecule has 0 radical (unpaired) electrons. The van der Waals surface area contributed by atoms with Crippen LogP contribution in [0.15, 0.2) is 30.3 Å². The molecule has 0 bridgehead atoms. The zero-order valence-electron chi connectivity index (χ0n) is 19.8. The van der Waals surface area contributed by atoms with E-state index in [0.717, 1.165) is 63.6 Å². The van der Waals surface area contributed by atoms with E-state index in [0.29, 0.717) is 17.2 Å². The van der Waals surface area contributed by atoms with Crippen molar-refractivity contribution in [1.29, 1.82) is 0 Å². The highest BCUT2D eigenvalue weighted by Gasteiger charge is 2.25. The molecule has 2 fully saturated rings. The number of benzene rings is 2. The number of anilines is 1. The number of piperidine rings is 1. The minimum absolute atomic E-state index is 0.331. The van der Waals surface area contributed by atoms with Crippen molar-refractivity contribution in [2.75, 3.05) is 51.3 Å². The topological polar surface area (TPSA) is 37.0 Å². The molecule has 1 atom stereocenters. The van der Waals surface area contributed by atoms with Crippen molar-refractivity contribution >= 4 is 17.3 Å². The summed E-state index contributed by atoms with van der Waals surface area (Å²) in [5.41, 5.74) is 5.21. The van der Waals surface area contributed by atoms with Crippen LogP contribution in [-0.4, -0.2) is 57.4 Å². The lowest BCUT2D eigenvalue weighted by Crippen LogP contribution is -2.47. The van der Waals surface area contributed by atoms with E-state index in [9.17, 15) is 0 Å². The number of methoxy groups -OCH3 is 1. The fourth-order valence-corrected chi connectivity index (χ4v) is 5.09. The maximum Gasteiger partial charge on any atom is 0.139 e. The van der Waals surface area contributed by atoms with Crippen LogP contribution in [0.1, 0.15) is 42.5 Å². The van der Waals surface area contributed by atoms with E-state index >= 15 is 0 Å². The molecular weight excluding hydrogens is 422 g/mol. The standard InChI is InChI=1S/C26H36ClN3O2/c1-18-19(2)25(32-22-9-11-28-12-10-22)8-6-23(18)20(3)29-13-15-30(16-14-29)21-5-7-24(27)26(17-21)31-4/h5-8,17,20,22,28H,9-16H2,1-4H3. The second kappa shape index (κ2) is 10.3. The predicted molar refractivity (Wildman–Crippen MR) is 133 cm³/mol. The molecule has 1 unspecified atom stereocenters. The maximum absolute atomic E-state index is 6.36. The summed E-state index contributed by atoms with van der Waals surface area (Å²) in [4.78, 5) is 4.99. The Labute approximate surface area is 197 Å². The molecule has 1 N–H and O–H groups in total. The third-order valence-electron chi connectivity index (χ3n) is 7.17. The summed E-state index contributed by atoms with van der Waals surface area (Å²) in [7, 11) is 1.66. The summed E-state index contributed by atoms with van der Waals surface area (Å²) in [6.07, 6.45) is 2.50. The van der Waals surface area contributed by atoms with Gasteiger partial charge in [0, 0.05) is 44.0 Å². The first-order chi connectivity index (χ1) is 15.5. The molecule has 0 aromatic heterocycles. The number of hydrogen-bond donors (Lipinski definition) is 1. The van der Waals surface area contributed by atoms with Gasteiger partial charge in [0.15, 0.2) is 0 Å². The van der Waals surface area contributed by atoms with Gasteiger partial charge in [0.2, 0.25) is 0 Å². The first-order valence-electron chi connectivity index (χ1n) is 11.8. The Bertz CT molecular complexity index is 922. The van der Waals surface area contributed by atoms with Crippen LogP contribution in [0, 0.1) is 13.8 Å². The molecule has 4 rings (SSSR count). The molecule has 2 aliphatic heterocycles. The van der Waals surface area contributed by atoms with Crippen molar-refractivity contribution in [1.82, 2.24) is 10.2 Å². The zero-order valence-corrected chi connectivity index (χ0v) is 20.5. The number of hydrogen-bond acceptors (Lipinski definition) is 5. The highest BCUT2D eigenvalue weighted by Crippen LogP contribution is 2.34. The van der Waals surface area contributed by atoms with Crippen molar-refractivity contribution < 1.29 is 9.47 Å². The molecule has 0 spiro atoms. The number of rotatable bonds is 6. The molecular formula is C26H36ClN3O2. The van der Waals surface area contributed by atoms with Crippen LogP contribution in [0.25, 0.3) is 0 Å². The van der Waals surface area contributed by atoms with E-state index in [1.807, 2.05) is 12.1 Å². The third-order valence-corrected chi connectivity index (χ3v) is 7.48. The molecule has 2 aliphatic rings. The van der Waals surface area contributed by atoms with Gasteiger partial charge in [-0.3, -0.25) is 4.90 Å². The minimum Gasteiger partial charge on any atom is -0.495 e. The summed E-state index contributed by atoms with van der Waals surface area (Å²) in [6.45, 7) is 12.9. The minimum atomic E-state index is 0.331. The summed E-state index contributed by atoms with van der Waals surface area (Å²) in [6, 6.07) is 10.9. The number of nitrogens with zero attached hydrogens (tertiary/aromatic N) is 2. The van der Waals surface area contributed by atoms with Gasteiger partial charge in [-0.2, -0.15) is 0 Å². The van der Waals surface area contributed by atoms with Crippen LogP contribution in [0.4, 0.5) is 5.69 Å². The number of nitrogens with one attached hydrogen (secondary N) is 1. The number of piperazine rings is 1. The van der Waals surface area contributed by atoms with Crippen molar-refractivity contribution in [3.63, 3.8) is 0 Å². The molecule has 0 aliphatic carbocycles. The summed E-state index contributed by atoms with van der Waals surface area (Å²) >= 11 is 6.20. The van der Waals surface area contributed by atoms with Gasteiger partial charge in [-0.25, -0.2) is 0 Å². The molecule has 0 saturated carbocycles. The number of halogens is 1. The van der Waals surface area contributed by atoms with Crippen LogP contribution in [-0.2, 0) is 0 Å². The zero-order chi connectivity index (χ0) is 22.7.